The molecule has 12 heteroatoms. The van der Waals surface area contributed by atoms with Gasteiger partial charge in [0.25, 0.3) is 5.91 Å². The molecule has 1 aromatic carbocycles. The fraction of sp³-hybridized carbons (Fsp3) is 0.500. The number of rotatable bonds is 14. The van der Waals surface area contributed by atoms with Crippen molar-refractivity contribution in [1.82, 2.24) is 30.8 Å². The minimum atomic E-state index is -1.09. The molecule has 3 N–H and O–H groups in total. The zero-order valence-electron chi connectivity index (χ0n) is 24.5. The van der Waals surface area contributed by atoms with Gasteiger partial charge in [0.05, 0.1) is 12.0 Å². The van der Waals surface area contributed by atoms with E-state index in [0.717, 1.165) is 11.1 Å². The molecule has 4 amide bonds. The highest BCUT2D eigenvalue weighted by atomic mass is 16.5. The minimum absolute atomic E-state index is 0.0424. The summed E-state index contributed by atoms with van der Waals surface area (Å²) in [5.41, 5.74) is 1.55. The Morgan fingerprint density at radius 1 is 0.976 bits per heavy atom. The van der Waals surface area contributed by atoms with Crippen LogP contribution in [0.15, 0.2) is 49.1 Å². The van der Waals surface area contributed by atoms with Crippen molar-refractivity contribution in [3.8, 4) is 0 Å². The van der Waals surface area contributed by atoms with Crippen molar-refractivity contribution < 1.29 is 28.7 Å². The van der Waals surface area contributed by atoms with Gasteiger partial charge in [-0.05, 0) is 23.8 Å². The average molecular weight is 581 g/mol. The first-order valence-corrected chi connectivity index (χ1v) is 14.2. The van der Waals surface area contributed by atoms with E-state index in [0.29, 0.717) is 12.8 Å². The van der Waals surface area contributed by atoms with Crippen LogP contribution in [0.5, 0.6) is 0 Å². The monoisotopic (exact) mass is 580 g/mol. The lowest BCUT2D eigenvalue weighted by molar-refractivity contribution is -0.153. The molecule has 3 rings (SSSR count). The fourth-order valence-corrected chi connectivity index (χ4v) is 4.42. The van der Waals surface area contributed by atoms with Gasteiger partial charge in [0, 0.05) is 37.6 Å². The van der Waals surface area contributed by atoms with Gasteiger partial charge in [-0.2, -0.15) is 0 Å². The molecule has 1 aromatic heterocycles. The Morgan fingerprint density at radius 3 is 2.26 bits per heavy atom. The van der Waals surface area contributed by atoms with Crippen LogP contribution in [0.1, 0.15) is 51.7 Å². The highest BCUT2D eigenvalue weighted by Gasteiger charge is 2.41. The van der Waals surface area contributed by atoms with Crippen LogP contribution in [0.3, 0.4) is 0 Å². The smallest absolute Gasteiger partial charge is 0.408 e. The maximum Gasteiger partial charge on any atom is 0.408 e. The molecule has 0 aliphatic carbocycles. The van der Waals surface area contributed by atoms with Gasteiger partial charge in [-0.1, -0.05) is 64.4 Å². The van der Waals surface area contributed by atoms with Crippen LogP contribution in [0.25, 0.3) is 0 Å². The molecule has 3 unspecified atom stereocenters. The van der Waals surface area contributed by atoms with Crippen LogP contribution < -0.4 is 16.0 Å². The van der Waals surface area contributed by atoms with Crippen LogP contribution in [-0.2, 0) is 37.1 Å². The number of carbonyl (C=O) groups excluding carboxylic acids is 5. The molecule has 42 heavy (non-hydrogen) atoms. The van der Waals surface area contributed by atoms with Gasteiger partial charge in [0.15, 0.2) is 0 Å². The van der Waals surface area contributed by atoms with Gasteiger partial charge in [-0.15, -0.1) is 0 Å². The lowest BCUT2D eigenvalue weighted by Gasteiger charge is -2.38. The van der Waals surface area contributed by atoms with Gasteiger partial charge in [-0.25, -0.2) is 14.8 Å². The summed E-state index contributed by atoms with van der Waals surface area (Å²) in [6, 6.07) is 7.10. The third-order valence-electron chi connectivity index (χ3n) is 7.15. The number of nitrogens with one attached hydrogen (secondary N) is 3. The van der Waals surface area contributed by atoms with Crippen LogP contribution in [0.2, 0.25) is 0 Å². The Labute approximate surface area is 246 Å². The first kappa shape index (κ1) is 32.2. The third kappa shape index (κ3) is 9.35. The molecule has 0 spiro atoms. The number of ketones is 1. The summed E-state index contributed by atoms with van der Waals surface area (Å²) >= 11 is 0. The largest absolute Gasteiger partial charge is 0.445 e. The van der Waals surface area contributed by atoms with Crippen LogP contribution in [0.4, 0.5) is 4.79 Å². The molecule has 2 heterocycles. The molecule has 3 atom stereocenters. The third-order valence-corrected chi connectivity index (χ3v) is 7.15. The molecule has 0 radical (unpaired) electrons. The summed E-state index contributed by atoms with van der Waals surface area (Å²) in [6.45, 7) is 7.95. The summed E-state index contributed by atoms with van der Waals surface area (Å²) < 4.78 is 5.28. The van der Waals surface area contributed by atoms with E-state index in [1.54, 1.807) is 19.3 Å². The molecule has 2 aromatic rings. The van der Waals surface area contributed by atoms with E-state index in [-0.39, 0.29) is 44.0 Å². The van der Waals surface area contributed by atoms with E-state index in [4.69, 9.17) is 4.74 Å². The second-order valence-electron chi connectivity index (χ2n) is 11.0. The number of benzene rings is 1. The Bertz CT molecular complexity index is 1220. The van der Waals surface area contributed by atoms with E-state index in [1.165, 1.54) is 11.2 Å². The zero-order valence-corrected chi connectivity index (χ0v) is 24.5. The first-order valence-electron chi connectivity index (χ1n) is 14.2. The summed E-state index contributed by atoms with van der Waals surface area (Å²) in [5.74, 6) is -3.05. The Hall–Kier alpha value is -4.35. The second kappa shape index (κ2) is 15.6. The highest BCUT2D eigenvalue weighted by molar-refractivity contribution is 6.38. The maximum atomic E-state index is 13.3. The number of Topliss-reactive ketones (excluding diaryl/α,β-unsaturated/α-hetero) is 1. The number of hydrogen-bond acceptors (Lipinski definition) is 8. The average Bonchev–Trinajstić information content (AvgIpc) is 2.96. The van der Waals surface area contributed by atoms with Crippen LogP contribution >= 0.6 is 0 Å². The van der Waals surface area contributed by atoms with Gasteiger partial charge < -0.3 is 25.6 Å². The fourth-order valence-electron chi connectivity index (χ4n) is 4.42. The molecule has 0 saturated carbocycles. The number of amides is 4. The van der Waals surface area contributed by atoms with Crippen molar-refractivity contribution in [3.05, 3.63) is 60.2 Å². The lowest BCUT2D eigenvalue weighted by Crippen LogP contribution is -2.61. The molecule has 1 aliphatic heterocycles. The van der Waals surface area contributed by atoms with Crippen molar-refractivity contribution in [1.29, 1.82) is 0 Å². The number of ether oxygens (including phenoxy) is 1. The molecule has 12 nitrogen and oxygen atoms in total. The molecular weight excluding hydrogens is 540 g/mol. The molecule has 1 aliphatic rings. The van der Waals surface area contributed by atoms with Gasteiger partial charge >= 0.3 is 6.09 Å². The van der Waals surface area contributed by atoms with Gasteiger partial charge in [-0.3, -0.25) is 19.2 Å². The predicted molar refractivity (Wildman–Crippen MR) is 153 cm³/mol. The summed E-state index contributed by atoms with van der Waals surface area (Å²) in [5, 5.41) is 8.10. The van der Waals surface area contributed by atoms with Crippen molar-refractivity contribution >= 4 is 29.6 Å². The molecule has 1 fully saturated rings. The maximum absolute atomic E-state index is 13.3. The summed E-state index contributed by atoms with van der Waals surface area (Å²) in [4.78, 5) is 73.7. The first-order chi connectivity index (χ1) is 20.1. The van der Waals surface area contributed by atoms with E-state index in [1.807, 2.05) is 51.1 Å². The van der Waals surface area contributed by atoms with Gasteiger partial charge in [0.1, 0.15) is 19.0 Å². The van der Waals surface area contributed by atoms with Crippen molar-refractivity contribution in [2.45, 2.75) is 65.8 Å². The standard InChI is InChI=1S/C30H40N6O6/c1-5-20(4)25(26(37)29(40)36-15-23(16-36)27(38)33-14-22-12-31-18-32-13-22)35-28(39)24(11-19(2)3)34-30(41)42-17-21-9-7-6-8-10-21/h6-10,12-13,18-20,23-25H,5,11,14-17H2,1-4H3,(H,33,38)(H,34,41)(H,35,39). The molecule has 1 saturated heterocycles. The minimum Gasteiger partial charge on any atom is -0.445 e. The lowest BCUT2D eigenvalue weighted by atomic mass is 9.91. The van der Waals surface area contributed by atoms with E-state index in [9.17, 15) is 24.0 Å². The van der Waals surface area contributed by atoms with Crippen molar-refractivity contribution in [2.24, 2.45) is 17.8 Å². The molecule has 226 valence electrons. The normalized spacial score (nSPS) is 15.1. The van der Waals surface area contributed by atoms with E-state index in [2.05, 4.69) is 25.9 Å². The molecular formula is C30H40N6O6. The summed E-state index contributed by atoms with van der Waals surface area (Å²) in [6.07, 6.45) is 4.67. The second-order valence-corrected chi connectivity index (χ2v) is 11.0. The van der Waals surface area contributed by atoms with Crippen molar-refractivity contribution in [3.63, 3.8) is 0 Å². The van der Waals surface area contributed by atoms with Crippen LogP contribution in [0, 0.1) is 17.8 Å². The predicted octanol–water partition coefficient (Wildman–Crippen LogP) is 1.99. The van der Waals surface area contributed by atoms with E-state index < -0.39 is 41.7 Å². The number of hydrogen-bond donors (Lipinski definition) is 3. The number of alkyl carbamates (subject to hydrolysis) is 1. The van der Waals surface area contributed by atoms with Gasteiger partial charge in [0.2, 0.25) is 17.6 Å². The Kier molecular flexibility index (Phi) is 11.9. The Balaban J connectivity index is 1.56. The quantitative estimate of drug-likeness (QED) is 0.286. The number of nitrogens with zero attached hydrogens (tertiary/aromatic N) is 3. The topological polar surface area (TPSA) is 160 Å². The highest BCUT2D eigenvalue weighted by Crippen LogP contribution is 2.19. The SMILES string of the molecule is CCC(C)C(NC(=O)C(CC(C)C)NC(=O)OCc1ccccc1)C(=O)C(=O)N1CC(C(=O)NCc2cncnc2)C1. The van der Waals surface area contributed by atoms with Crippen molar-refractivity contribution in [2.75, 3.05) is 13.1 Å². The number of likely N-dealkylation sites (tertiary alicyclic amines) is 1. The molecule has 0 bridgehead atoms. The number of carbonyl (C=O) groups is 5. The van der Waals surface area contributed by atoms with Crippen LogP contribution in [-0.4, -0.2) is 69.6 Å². The van der Waals surface area contributed by atoms with E-state index >= 15 is 0 Å². The number of aromatic nitrogens is 2. The summed E-state index contributed by atoms with van der Waals surface area (Å²) in [7, 11) is 0. The Morgan fingerprint density at radius 2 is 1.64 bits per heavy atom. The zero-order chi connectivity index (χ0) is 30.6.